The third-order valence-corrected chi connectivity index (χ3v) is 3.84. The van der Waals surface area contributed by atoms with Gasteiger partial charge in [-0.3, -0.25) is 14.8 Å². The zero-order valence-electron chi connectivity index (χ0n) is 14.1. The summed E-state index contributed by atoms with van der Waals surface area (Å²) in [6.07, 6.45) is 2.07. The quantitative estimate of drug-likeness (QED) is 0.413. The fourth-order valence-corrected chi connectivity index (χ4v) is 2.43. The second-order valence-electron chi connectivity index (χ2n) is 5.74. The molecule has 2 aromatic carbocycles. The number of carbonyl (C=O) groups excluding carboxylic acids is 2. The fourth-order valence-electron chi connectivity index (χ4n) is 2.43. The van der Waals surface area contributed by atoms with Crippen LogP contribution >= 0.6 is 0 Å². The van der Waals surface area contributed by atoms with E-state index in [1.54, 1.807) is 11.6 Å². The molecule has 130 valence electrons. The lowest BCUT2D eigenvalue weighted by Gasteiger charge is -2.16. The Kier molecular flexibility index (Phi) is 6.92. The number of allylic oxidation sites excluding steroid dienone is 1. The number of hydrogen-bond acceptors (Lipinski definition) is 3. The van der Waals surface area contributed by atoms with Crippen molar-refractivity contribution in [1.82, 2.24) is 10.8 Å². The van der Waals surface area contributed by atoms with Crippen LogP contribution in [-0.2, 0) is 16.0 Å². The van der Waals surface area contributed by atoms with Crippen LogP contribution in [0.3, 0.4) is 0 Å². The molecular formula is C20H22N2O3. The molecule has 0 bridgehead atoms. The Morgan fingerprint density at radius 3 is 2.24 bits per heavy atom. The first-order chi connectivity index (χ1) is 12.1. The Morgan fingerprint density at radius 2 is 1.64 bits per heavy atom. The number of nitrogens with one attached hydrogen (secondary N) is 2. The predicted molar refractivity (Wildman–Crippen MR) is 95.8 cm³/mol. The molecule has 0 aliphatic heterocycles. The largest absolute Gasteiger partial charge is 0.346 e. The minimum Gasteiger partial charge on any atom is -0.346 e. The van der Waals surface area contributed by atoms with Crippen LogP contribution in [-0.4, -0.2) is 17.0 Å². The highest BCUT2D eigenvalue weighted by Crippen LogP contribution is 2.14. The Hall–Kier alpha value is -2.92. The van der Waals surface area contributed by atoms with Crippen LogP contribution in [0.5, 0.6) is 0 Å². The maximum absolute atomic E-state index is 12.6. The van der Waals surface area contributed by atoms with Crippen LogP contribution in [0, 0.1) is 0 Å². The molecule has 2 rings (SSSR count). The van der Waals surface area contributed by atoms with Gasteiger partial charge in [-0.15, -0.1) is 0 Å². The number of hydroxylamine groups is 1. The first kappa shape index (κ1) is 18.4. The maximum Gasteiger partial charge on any atom is 0.247 e. The molecule has 1 atom stereocenters. The maximum atomic E-state index is 12.6. The number of rotatable bonds is 7. The molecular weight excluding hydrogens is 316 g/mol. The van der Waals surface area contributed by atoms with Gasteiger partial charge in [-0.05, 0) is 24.5 Å². The first-order valence-corrected chi connectivity index (χ1v) is 8.12. The van der Waals surface area contributed by atoms with Crippen molar-refractivity contribution < 1.29 is 14.8 Å². The van der Waals surface area contributed by atoms with Gasteiger partial charge in [-0.25, -0.2) is 5.48 Å². The molecule has 5 nitrogen and oxygen atoms in total. The van der Waals surface area contributed by atoms with E-state index in [1.165, 1.54) is 0 Å². The molecule has 0 spiro atoms. The molecule has 0 radical (unpaired) electrons. The molecule has 0 saturated heterocycles. The van der Waals surface area contributed by atoms with Crippen molar-refractivity contribution in [3.05, 3.63) is 83.4 Å². The average molecular weight is 338 g/mol. The summed E-state index contributed by atoms with van der Waals surface area (Å²) < 4.78 is 0. The van der Waals surface area contributed by atoms with Crippen molar-refractivity contribution in [3.8, 4) is 0 Å². The van der Waals surface area contributed by atoms with Crippen LogP contribution in [0.15, 0.2) is 72.3 Å². The van der Waals surface area contributed by atoms with E-state index in [9.17, 15) is 9.59 Å². The van der Waals surface area contributed by atoms with Gasteiger partial charge in [-0.1, -0.05) is 66.7 Å². The van der Waals surface area contributed by atoms with Crippen molar-refractivity contribution in [1.29, 1.82) is 0 Å². The van der Waals surface area contributed by atoms with Crippen molar-refractivity contribution in [2.75, 3.05) is 0 Å². The van der Waals surface area contributed by atoms with Crippen LogP contribution in [0.1, 0.15) is 30.5 Å². The van der Waals surface area contributed by atoms with Crippen molar-refractivity contribution in [2.24, 2.45) is 0 Å². The van der Waals surface area contributed by atoms with Gasteiger partial charge in [-0.2, -0.15) is 0 Å². The van der Waals surface area contributed by atoms with E-state index in [1.807, 2.05) is 67.6 Å². The third kappa shape index (κ3) is 5.90. The summed E-state index contributed by atoms with van der Waals surface area (Å²) in [5, 5.41) is 11.6. The highest BCUT2D eigenvalue weighted by atomic mass is 16.5. The predicted octanol–water partition coefficient (Wildman–Crippen LogP) is 2.93. The average Bonchev–Trinajstić information content (AvgIpc) is 2.66. The normalized spacial score (nSPS) is 12.3. The minimum absolute atomic E-state index is 0.184. The molecule has 2 amide bonds. The van der Waals surface area contributed by atoms with Crippen molar-refractivity contribution in [2.45, 2.75) is 25.8 Å². The molecule has 0 aliphatic rings. The van der Waals surface area contributed by atoms with E-state index in [0.29, 0.717) is 12.0 Å². The molecule has 0 unspecified atom stereocenters. The SMILES string of the molecule is C[C@H](NC(=O)/C(=C/Cc1ccccc1)CC(=O)NO)c1ccccc1. The Balaban J connectivity index is 2.10. The van der Waals surface area contributed by atoms with Gasteiger partial charge in [0.1, 0.15) is 0 Å². The lowest BCUT2D eigenvalue weighted by Crippen LogP contribution is -2.30. The van der Waals surface area contributed by atoms with Gasteiger partial charge in [0.25, 0.3) is 0 Å². The molecule has 0 fully saturated rings. The summed E-state index contributed by atoms with van der Waals surface area (Å²) in [5.74, 6) is -0.947. The number of amides is 2. The Labute approximate surface area is 147 Å². The van der Waals surface area contributed by atoms with Gasteiger partial charge in [0.15, 0.2) is 0 Å². The van der Waals surface area contributed by atoms with Crippen LogP contribution in [0.25, 0.3) is 0 Å². The summed E-state index contributed by atoms with van der Waals surface area (Å²) in [7, 11) is 0. The number of hydrogen-bond donors (Lipinski definition) is 3. The molecule has 5 heteroatoms. The zero-order chi connectivity index (χ0) is 18.1. The molecule has 3 N–H and O–H groups in total. The molecule has 2 aromatic rings. The van der Waals surface area contributed by atoms with E-state index in [-0.39, 0.29) is 18.4 Å². The Bertz CT molecular complexity index is 727. The summed E-state index contributed by atoms with van der Waals surface area (Å²) in [4.78, 5) is 24.1. The summed E-state index contributed by atoms with van der Waals surface area (Å²) >= 11 is 0. The minimum atomic E-state index is -0.623. The van der Waals surface area contributed by atoms with Gasteiger partial charge < -0.3 is 5.32 Å². The van der Waals surface area contributed by atoms with Gasteiger partial charge in [0.05, 0.1) is 12.5 Å². The monoisotopic (exact) mass is 338 g/mol. The smallest absolute Gasteiger partial charge is 0.247 e. The first-order valence-electron chi connectivity index (χ1n) is 8.12. The van der Waals surface area contributed by atoms with E-state index in [0.717, 1.165) is 11.1 Å². The van der Waals surface area contributed by atoms with Crippen LogP contribution < -0.4 is 10.8 Å². The van der Waals surface area contributed by atoms with E-state index in [2.05, 4.69) is 5.32 Å². The second-order valence-corrected chi connectivity index (χ2v) is 5.74. The fraction of sp³-hybridized carbons (Fsp3) is 0.200. The van der Waals surface area contributed by atoms with E-state index >= 15 is 0 Å². The highest BCUT2D eigenvalue weighted by molar-refractivity contribution is 5.98. The third-order valence-electron chi connectivity index (χ3n) is 3.84. The lowest BCUT2D eigenvalue weighted by molar-refractivity contribution is -0.129. The van der Waals surface area contributed by atoms with Gasteiger partial charge >= 0.3 is 0 Å². The summed E-state index contributed by atoms with van der Waals surface area (Å²) in [6, 6.07) is 19.0. The van der Waals surface area contributed by atoms with Crippen LogP contribution in [0.2, 0.25) is 0 Å². The molecule has 0 aromatic heterocycles. The van der Waals surface area contributed by atoms with Crippen LogP contribution in [0.4, 0.5) is 0 Å². The van der Waals surface area contributed by atoms with E-state index < -0.39 is 5.91 Å². The topological polar surface area (TPSA) is 78.4 Å². The molecule has 0 saturated carbocycles. The van der Waals surface area contributed by atoms with Gasteiger partial charge in [0.2, 0.25) is 11.8 Å². The van der Waals surface area contributed by atoms with Crippen molar-refractivity contribution >= 4 is 11.8 Å². The Morgan fingerprint density at radius 1 is 1.04 bits per heavy atom. The van der Waals surface area contributed by atoms with Gasteiger partial charge in [0, 0.05) is 5.57 Å². The number of carbonyl (C=O) groups is 2. The second kappa shape index (κ2) is 9.39. The highest BCUT2D eigenvalue weighted by Gasteiger charge is 2.16. The lowest BCUT2D eigenvalue weighted by atomic mass is 10.0. The standard InChI is InChI=1S/C20H22N2O3/c1-15(17-10-6-3-7-11-17)21-20(24)18(14-19(23)22-25)13-12-16-8-4-2-5-9-16/h2-11,13,15,25H,12,14H2,1H3,(H,21,24)(H,22,23)/b18-13+/t15-/m0/s1. The number of benzene rings is 2. The molecule has 25 heavy (non-hydrogen) atoms. The summed E-state index contributed by atoms with van der Waals surface area (Å²) in [5.41, 5.74) is 3.90. The summed E-state index contributed by atoms with van der Waals surface area (Å²) in [6.45, 7) is 1.88. The van der Waals surface area contributed by atoms with Crippen molar-refractivity contribution in [3.63, 3.8) is 0 Å². The molecule has 0 aliphatic carbocycles. The van der Waals surface area contributed by atoms with E-state index in [4.69, 9.17) is 5.21 Å². The molecule has 0 heterocycles. The zero-order valence-corrected chi connectivity index (χ0v) is 14.1.